The van der Waals surface area contributed by atoms with Crippen LogP contribution in [0.1, 0.15) is 41.6 Å². The highest BCUT2D eigenvalue weighted by atomic mass is 16.4. The van der Waals surface area contributed by atoms with Gasteiger partial charge in [0.1, 0.15) is 6.04 Å². The molecule has 2 N–H and O–H groups in total. The van der Waals surface area contributed by atoms with Gasteiger partial charge >= 0.3 is 5.97 Å². The highest BCUT2D eigenvalue weighted by Gasteiger charge is 2.32. The molecule has 2 amide bonds. The maximum Gasteiger partial charge on any atom is 0.326 e. The van der Waals surface area contributed by atoms with Crippen LogP contribution in [0.15, 0.2) is 36.7 Å². The van der Waals surface area contributed by atoms with Crippen molar-refractivity contribution in [1.29, 1.82) is 0 Å². The van der Waals surface area contributed by atoms with Gasteiger partial charge in [0, 0.05) is 37.5 Å². The molecule has 2 heterocycles. The smallest absolute Gasteiger partial charge is 0.326 e. The Balaban J connectivity index is 1.63. The average molecular weight is 384 g/mol. The van der Waals surface area contributed by atoms with E-state index in [1.54, 1.807) is 35.1 Å². The van der Waals surface area contributed by atoms with Gasteiger partial charge in [-0.3, -0.25) is 14.3 Å². The minimum absolute atomic E-state index is 0.158. The lowest BCUT2D eigenvalue weighted by Crippen LogP contribution is -2.48. The zero-order chi connectivity index (χ0) is 20.1. The molecule has 1 aliphatic heterocycles. The van der Waals surface area contributed by atoms with E-state index in [4.69, 9.17) is 0 Å². The van der Waals surface area contributed by atoms with E-state index in [1.807, 2.05) is 13.2 Å². The molecule has 0 aliphatic carbocycles. The topological polar surface area (TPSA) is 105 Å². The Morgan fingerprint density at radius 1 is 1.29 bits per heavy atom. The van der Waals surface area contributed by atoms with Gasteiger partial charge in [0.2, 0.25) is 5.91 Å². The number of carboxylic acids is 1. The Bertz CT molecular complexity index is 877. The van der Waals surface area contributed by atoms with E-state index in [-0.39, 0.29) is 11.8 Å². The lowest BCUT2D eigenvalue weighted by atomic mass is 10.0. The van der Waals surface area contributed by atoms with Crippen LogP contribution in [0.5, 0.6) is 0 Å². The third kappa shape index (κ3) is 4.76. The van der Waals surface area contributed by atoms with Crippen molar-refractivity contribution in [2.24, 2.45) is 7.05 Å². The van der Waals surface area contributed by atoms with Gasteiger partial charge in [-0.1, -0.05) is 6.07 Å². The second-order valence-electron chi connectivity index (χ2n) is 7.00. The first-order chi connectivity index (χ1) is 13.4. The van der Waals surface area contributed by atoms with Crippen LogP contribution in [0, 0.1) is 0 Å². The van der Waals surface area contributed by atoms with Crippen molar-refractivity contribution < 1.29 is 19.5 Å². The first kappa shape index (κ1) is 19.6. The van der Waals surface area contributed by atoms with Crippen LogP contribution in [-0.4, -0.2) is 50.2 Å². The van der Waals surface area contributed by atoms with E-state index in [0.717, 1.165) is 18.4 Å². The highest BCUT2D eigenvalue weighted by molar-refractivity contribution is 5.99. The number of benzene rings is 1. The van der Waals surface area contributed by atoms with Crippen LogP contribution in [0.4, 0.5) is 5.69 Å². The number of aromatic nitrogens is 2. The standard InChI is InChI=1S/C20H24N4O4/c1-23-13-14(12-21-23)8-9-18(25)22-16-6-4-5-15(11-16)19(26)24-10-3-2-7-17(24)20(27)28/h4-6,11-13,17H,2-3,7-10H2,1H3,(H,22,25)(H,27,28). The van der Waals surface area contributed by atoms with Crippen LogP contribution in [0.25, 0.3) is 0 Å². The summed E-state index contributed by atoms with van der Waals surface area (Å²) in [6.45, 7) is 0.428. The molecule has 0 radical (unpaired) electrons. The van der Waals surface area contributed by atoms with E-state index in [2.05, 4.69) is 10.4 Å². The predicted molar refractivity (Wildman–Crippen MR) is 103 cm³/mol. The molecule has 8 heteroatoms. The Hall–Kier alpha value is -3.16. The number of likely N-dealkylation sites (tertiary alicyclic amines) is 1. The van der Waals surface area contributed by atoms with Crippen LogP contribution >= 0.6 is 0 Å². The van der Waals surface area contributed by atoms with Gasteiger partial charge in [-0.2, -0.15) is 5.10 Å². The Kier molecular flexibility index (Phi) is 6.08. The number of hydrogen-bond acceptors (Lipinski definition) is 4. The predicted octanol–water partition coefficient (Wildman–Crippen LogP) is 2.07. The molecule has 0 saturated carbocycles. The molecule has 3 rings (SSSR count). The summed E-state index contributed by atoms with van der Waals surface area (Å²) < 4.78 is 1.69. The summed E-state index contributed by atoms with van der Waals surface area (Å²) in [7, 11) is 1.82. The van der Waals surface area contributed by atoms with Gasteiger partial charge in [-0.15, -0.1) is 0 Å². The number of piperidine rings is 1. The molecule has 1 saturated heterocycles. The number of carboxylic acid groups (broad SMARTS) is 1. The Morgan fingerprint density at radius 3 is 2.82 bits per heavy atom. The van der Waals surface area contributed by atoms with Gasteiger partial charge in [-0.05, 0) is 49.4 Å². The summed E-state index contributed by atoms with van der Waals surface area (Å²) in [6.07, 6.45) is 6.53. The largest absolute Gasteiger partial charge is 0.480 e. The fraction of sp³-hybridized carbons (Fsp3) is 0.400. The molecule has 1 atom stereocenters. The van der Waals surface area contributed by atoms with Crippen molar-refractivity contribution in [2.45, 2.75) is 38.1 Å². The van der Waals surface area contributed by atoms with E-state index < -0.39 is 12.0 Å². The summed E-state index contributed by atoms with van der Waals surface area (Å²) in [5.41, 5.74) is 1.87. The highest BCUT2D eigenvalue weighted by Crippen LogP contribution is 2.21. The lowest BCUT2D eigenvalue weighted by Gasteiger charge is -2.33. The van der Waals surface area contributed by atoms with Gasteiger partial charge in [0.15, 0.2) is 0 Å². The quantitative estimate of drug-likeness (QED) is 0.793. The number of hydrogen-bond donors (Lipinski definition) is 2. The molecular formula is C20H24N4O4. The van der Waals surface area contributed by atoms with Crippen molar-refractivity contribution in [3.63, 3.8) is 0 Å². The van der Waals surface area contributed by atoms with Gasteiger partial charge in [-0.25, -0.2) is 4.79 Å². The monoisotopic (exact) mass is 384 g/mol. The van der Waals surface area contributed by atoms with Crippen molar-refractivity contribution >= 4 is 23.5 Å². The average Bonchev–Trinajstić information content (AvgIpc) is 3.11. The second kappa shape index (κ2) is 8.69. The molecule has 1 fully saturated rings. The Morgan fingerprint density at radius 2 is 2.11 bits per heavy atom. The van der Waals surface area contributed by atoms with Crippen molar-refractivity contribution in [3.8, 4) is 0 Å². The van der Waals surface area contributed by atoms with E-state index in [0.29, 0.717) is 37.1 Å². The fourth-order valence-corrected chi connectivity index (χ4v) is 3.41. The molecule has 1 aromatic carbocycles. The van der Waals surface area contributed by atoms with E-state index in [1.165, 1.54) is 4.90 Å². The SMILES string of the molecule is Cn1cc(CCC(=O)Nc2cccc(C(=O)N3CCCCC3C(=O)O)c2)cn1. The number of aliphatic carboxylic acids is 1. The zero-order valence-electron chi connectivity index (χ0n) is 15.8. The van der Waals surface area contributed by atoms with Gasteiger partial charge in [0.05, 0.1) is 6.20 Å². The second-order valence-corrected chi connectivity index (χ2v) is 7.00. The number of nitrogens with zero attached hydrogens (tertiary/aromatic N) is 3. The number of nitrogens with one attached hydrogen (secondary N) is 1. The normalized spacial score (nSPS) is 16.6. The molecule has 148 valence electrons. The number of amides is 2. The fourth-order valence-electron chi connectivity index (χ4n) is 3.41. The molecule has 8 nitrogen and oxygen atoms in total. The number of carbonyl (C=O) groups excluding carboxylic acids is 2. The van der Waals surface area contributed by atoms with Gasteiger partial charge < -0.3 is 15.3 Å². The molecule has 28 heavy (non-hydrogen) atoms. The van der Waals surface area contributed by atoms with E-state index >= 15 is 0 Å². The molecule has 1 unspecified atom stereocenters. The summed E-state index contributed by atoms with van der Waals surface area (Å²) in [5.74, 6) is -1.46. The van der Waals surface area contributed by atoms with Crippen LogP contribution in [0.3, 0.4) is 0 Å². The lowest BCUT2D eigenvalue weighted by molar-refractivity contribution is -0.143. The van der Waals surface area contributed by atoms with E-state index in [9.17, 15) is 19.5 Å². The van der Waals surface area contributed by atoms with Crippen LogP contribution in [-0.2, 0) is 23.1 Å². The zero-order valence-corrected chi connectivity index (χ0v) is 15.8. The van der Waals surface area contributed by atoms with Crippen molar-refractivity contribution in [3.05, 3.63) is 47.8 Å². The Labute approximate surface area is 163 Å². The molecule has 2 aromatic rings. The third-order valence-corrected chi connectivity index (χ3v) is 4.84. The van der Waals surface area contributed by atoms with Gasteiger partial charge in [0.25, 0.3) is 5.91 Å². The molecule has 0 bridgehead atoms. The maximum atomic E-state index is 12.8. The molecular weight excluding hydrogens is 360 g/mol. The van der Waals surface area contributed by atoms with Crippen molar-refractivity contribution in [2.75, 3.05) is 11.9 Å². The van der Waals surface area contributed by atoms with Crippen molar-refractivity contribution in [1.82, 2.24) is 14.7 Å². The summed E-state index contributed by atoms with van der Waals surface area (Å²) in [6, 6.07) is 5.84. The summed E-state index contributed by atoms with van der Waals surface area (Å²) in [4.78, 5) is 37.9. The molecule has 1 aromatic heterocycles. The summed E-state index contributed by atoms with van der Waals surface area (Å²) in [5, 5.41) is 16.2. The van der Waals surface area contributed by atoms with Crippen LogP contribution < -0.4 is 5.32 Å². The minimum atomic E-state index is -0.979. The maximum absolute atomic E-state index is 12.8. The number of carbonyl (C=O) groups is 3. The molecule has 0 spiro atoms. The number of rotatable bonds is 6. The first-order valence-electron chi connectivity index (χ1n) is 9.35. The first-order valence-corrected chi connectivity index (χ1v) is 9.35. The summed E-state index contributed by atoms with van der Waals surface area (Å²) >= 11 is 0. The minimum Gasteiger partial charge on any atom is -0.480 e. The third-order valence-electron chi connectivity index (χ3n) is 4.84. The molecule has 1 aliphatic rings. The number of aryl methyl sites for hydroxylation is 2. The van der Waals surface area contributed by atoms with Crippen LogP contribution in [0.2, 0.25) is 0 Å². The number of anilines is 1.